The number of amides is 1. The number of hydrogen-bond acceptors (Lipinski definition) is 3. The van der Waals surface area contributed by atoms with Crippen LogP contribution in [0.3, 0.4) is 0 Å². The van der Waals surface area contributed by atoms with Gasteiger partial charge in [0.25, 0.3) is 0 Å². The van der Waals surface area contributed by atoms with E-state index in [0.717, 1.165) is 29.7 Å². The van der Waals surface area contributed by atoms with E-state index in [1.54, 1.807) is 21.8 Å². The fourth-order valence-corrected chi connectivity index (χ4v) is 3.92. The number of benzene rings is 1. The standard InChI is InChI=1S/C19H22FN3O2/c1-12-16(11-21-22(12)2)18-15(7-9-25-18)19(24)23-8-3-4-13-5-6-14(20)10-17(13)23/h5-6,10-11,15,18H,3-4,7-9H2,1-2H3/t15-,18-/m0/s1. The highest BCUT2D eigenvalue weighted by atomic mass is 19.1. The van der Waals surface area contributed by atoms with Crippen LogP contribution in [0.2, 0.25) is 0 Å². The van der Waals surface area contributed by atoms with E-state index < -0.39 is 0 Å². The summed E-state index contributed by atoms with van der Waals surface area (Å²) in [7, 11) is 1.88. The van der Waals surface area contributed by atoms with Gasteiger partial charge in [-0.05, 0) is 43.9 Å². The van der Waals surface area contributed by atoms with E-state index in [1.807, 2.05) is 14.0 Å². The molecule has 0 bridgehead atoms. The summed E-state index contributed by atoms with van der Waals surface area (Å²) >= 11 is 0. The fraction of sp³-hybridized carbons (Fsp3) is 0.474. The average molecular weight is 343 g/mol. The van der Waals surface area contributed by atoms with Gasteiger partial charge in [0, 0.05) is 37.1 Å². The number of halogens is 1. The zero-order chi connectivity index (χ0) is 17.6. The molecule has 1 aromatic heterocycles. The second kappa shape index (κ2) is 6.26. The predicted octanol–water partition coefficient (Wildman–Crippen LogP) is 2.92. The molecule has 2 atom stereocenters. The lowest BCUT2D eigenvalue weighted by Gasteiger charge is -2.32. The van der Waals surface area contributed by atoms with Crippen molar-refractivity contribution in [1.82, 2.24) is 9.78 Å². The van der Waals surface area contributed by atoms with Crippen molar-refractivity contribution < 1.29 is 13.9 Å². The maximum atomic E-state index is 13.7. The van der Waals surface area contributed by atoms with E-state index in [0.29, 0.717) is 25.3 Å². The van der Waals surface area contributed by atoms with Crippen molar-refractivity contribution in [1.29, 1.82) is 0 Å². The highest BCUT2D eigenvalue weighted by molar-refractivity contribution is 5.96. The molecule has 2 aliphatic rings. The largest absolute Gasteiger partial charge is 0.373 e. The molecule has 0 saturated carbocycles. The van der Waals surface area contributed by atoms with Crippen LogP contribution in [0, 0.1) is 18.7 Å². The van der Waals surface area contributed by atoms with Gasteiger partial charge in [-0.3, -0.25) is 9.48 Å². The van der Waals surface area contributed by atoms with Gasteiger partial charge in [0.05, 0.1) is 18.2 Å². The first-order valence-electron chi connectivity index (χ1n) is 8.76. The van der Waals surface area contributed by atoms with Crippen LogP contribution < -0.4 is 4.90 Å². The molecule has 25 heavy (non-hydrogen) atoms. The van der Waals surface area contributed by atoms with E-state index in [2.05, 4.69) is 5.10 Å². The Hall–Kier alpha value is -2.21. The molecule has 1 amide bonds. The summed E-state index contributed by atoms with van der Waals surface area (Å²) < 4.78 is 21.4. The van der Waals surface area contributed by atoms with Crippen molar-refractivity contribution in [3.8, 4) is 0 Å². The Balaban J connectivity index is 1.65. The molecule has 0 aliphatic carbocycles. The lowest BCUT2D eigenvalue weighted by atomic mass is 9.92. The first-order chi connectivity index (χ1) is 12.1. The molecule has 5 nitrogen and oxygen atoms in total. The van der Waals surface area contributed by atoms with Gasteiger partial charge >= 0.3 is 0 Å². The molecule has 0 radical (unpaired) electrons. The number of ether oxygens (including phenoxy) is 1. The van der Waals surface area contributed by atoms with Gasteiger partial charge in [-0.1, -0.05) is 6.07 Å². The highest BCUT2D eigenvalue weighted by Crippen LogP contribution is 2.39. The number of aryl methyl sites for hydroxylation is 2. The Labute approximate surface area is 146 Å². The Morgan fingerprint density at radius 1 is 1.40 bits per heavy atom. The number of anilines is 1. The number of aromatic nitrogens is 2. The number of rotatable bonds is 2. The van der Waals surface area contributed by atoms with Gasteiger partial charge in [-0.2, -0.15) is 5.10 Å². The predicted molar refractivity (Wildman–Crippen MR) is 91.8 cm³/mol. The van der Waals surface area contributed by atoms with Crippen molar-refractivity contribution in [2.45, 2.75) is 32.3 Å². The minimum absolute atomic E-state index is 0.0253. The van der Waals surface area contributed by atoms with E-state index >= 15 is 0 Å². The highest BCUT2D eigenvalue weighted by Gasteiger charge is 2.40. The molecule has 4 rings (SSSR count). The van der Waals surface area contributed by atoms with E-state index in [9.17, 15) is 9.18 Å². The van der Waals surface area contributed by atoms with Crippen LogP contribution in [0.1, 0.15) is 35.8 Å². The topological polar surface area (TPSA) is 47.4 Å². The zero-order valence-electron chi connectivity index (χ0n) is 14.5. The molecule has 3 heterocycles. The van der Waals surface area contributed by atoms with Crippen molar-refractivity contribution in [3.05, 3.63) is 47.0 Å². The van der Waals surface area contributed by atoms with E-state index in [4.69, 9.17) is 4.74 Å². The summed E-state index contributed by atoms with van der Waals surface area (Å²) in [6.45, 7) is 3.17. The van der Waals surface area contributed by atoms with Gasteiger partial charge in [0.15, 0.2) is 0 Å². The minimum Gasteiger partial charge on any atom is -0.373 e. The normalized spacial score (nSPS) is 22.9. The lowest BCUT2D eigenvalue weighted by molar-refractivity contribution is -0.124. The Morgan fingerprint density at radius 3 is 3.00 bits per heavy atom. The number of carbonyl (C=O) groups excluding carboxylic acids is 1. The van der Waals surface area contributed by atoms with Crippen LogP contribution in [0.4, 0.5) is 10.1 Å². The molecule has 0 spiro atoms. The number of carbonyl (C=O) groups is 1. The quantitative estimate of drug-likeness (QED) is 0.842. The molecular formula is C19H22FN3O2. The zero-order valence-corrected chi connectivity index (χ0v) is 14.5. The van der Waals surface area contributed by atoms with Crippen LogP contribution in [-0.4, -0.2) is 28.8 Å². The summed E-state index contributed by atoms with van der Waals surface area (Å²) in [5.74, 6) is -0.532. The first kappa shape index (κ1) is 16.3. The van der Waals surface area contributed by atoms with Gasteiger partial charge < -0.3 is 9.64 Å². The average Bonchev–Trinajstić information content (AvgIpc) is 3.21. The molecule has 2 aliphatic heterocycles. The SMILES string of the molecule is Cc1c([C@H]2OCC[C@@H]2C(=O)N2CCCc3ccc(F)cc32)cnn1C. The van der Waals surface area contributed by atoms with Gasteiger partial charge in [-0.25, -0.2) is 4.39 Å². The summed E-state index contributed by atoms with van der Waals surface area (Å²) in [6, 6.07) is 4.73. The summed E-state index contributed by atoms with van der Waals surface area (Å²) in [6.07, 6.45) is 3.97. The molecule has 132 valence electrons. The van der Waals surface area contributed by atoms with Crippen molar-refractivity contribution in [2.75, 3.05) is 18.1 Å². The van der Waals surface area contributed by atoms with Crippen LogP contribution in [0.25, 0.3) is 0 Å². The second-order valence-corrected chi connectivity index (χ2v) is 6.86. The van der Waals surface area contributed by atoms with Crippen molar-refractivity contribution in [3.63, 3.8) is 0 Å². The maximum absolute atomic E-state index is 13.7. The molecule has 0 unspecified atom stereocenters. The maximum Gasteiger partial charge on any atom is 0.233 e. The Bertz CT molecular complexity index is 817. The molecule has 1 fully saturated rings. The molecule has 1 aromatic carbocycles. The lowest BCUT2D eigenvalue weighted by Crippen LogP contribution is -2.40. The fourth-order valence-electron chi connectivity index (χ4n) is 3.92. The van der Waals surface area contributed by atoms with Crippen LogP contribution in [-0.2, 0) is 23.0 Å². The third-order valence-electron chi connectivity index (χ3n) is 5.42. The van der Waals surface area contributed by atoms with E-state index in [1.165, 1.54) is 12.1 Å². The van der Waals surface area contributed by atoms with Gasteiger partial charge in [0.1, 0.15) is 5.82 Å². The number of hydrogen-bond donors (Lipinski definition) is 0. The molecule has 0 N–H and O–H groups in total. The summed E-state index contributed by atoms with van der Waals surface area (Å²) in [4.78, 5) is 15.0. The van der Waals surface area contributed by atoms with Crippen LogP contribution >= 0.6 is 0 Å². The minimum atomic E-state index is -0.305. The Morgan fingerprint density at radius 2 is 2.24 bits per heavy atom. The second-order valence-electron chi connectivity index (χ2n) is 6.86. The third-order valence-corrected chi connectivity index (χ3v) is 5.42. The molecule has 6 heteroatoms. The number of fused-ring (bicyclic) bond motifs is 1. The van der Waals surface area contributed by atoms with Crippen molar-refractivity contribution in [2.24, 2.45) is 13.0 Å². The molecule has 2 aromatic rings. The Kier molecular flexibility index (Phi) is 4.07. The van der Waals surface area contributed by atoms with E-state index in [-0.39, 0.29) is 23.7 Å². The van der Waals surface area contributed by atoms with Gasteiger partial charge in [-0.15, -0.1) is 0 Å². The molecular weight excluding hydrogens is 321 g/mol. The summed E-state index contributed by atoms with van der Waals surface area (Å²) in [5, 5.41) is 4.28. The number of nitrogens with zero attached hydrogens (tertiary/aromatic N) is 3. The van der Waals surface area contributed by atoms with Crippen LogP contribution in [0.5, 0.6) is 0 Å². The molecule has 1 saturated heterocycles. The third kappa shape index (κ3) is 2.74. The monoisotopic (exact) mass is 343 g/mol. The van der Waals surface area contributed by atoms with Crippen LogP contribution in [0.15, 0.2) is 24.4 Å². The summed E-state index contributed by atoms with van der Waals surface area (Å²) in [5.41, 5.74) is 3.73. The van der Waals surface area contributed by atoms with Gasteiger partial charge in [0.2, 0.25) is 5.91 Å². The smallest absolute Gasteiger partial charge is 0.233 e. The first-order valence-corrected chi connectivity index (χ1v) is 8.76. The van der Waals surface area contributed by atoms with Crippen molar-refractivity contribution >= 4 is 11.6 Å².